The Balaban J connectivity index is 1.76. The molecule has 24 heavy (non-hydrogen) atoms. The predicted octanol–water partition coefficient (Wildman–Crippen LogP) is 2.44. The van der Waals surface area contributed by atoms with Crippen LogP contribution in [0.25, 0.3) is 22.4 Å². The molecule has 0 unspecified atom stereocenters. The van der Waals surface area contributed by atoms with Crippen LogP contribution in [0.1, 0.15) is 5.69 Å². The number of aromatic nitrogens is 5. The van der Waals surface area contributed by atoms with Gasteiger partial charge in [-0.1, -0.05) is 24.3 Å². The summed E-state index contributed by atoms with van der Waals surface area (Å²) in [5.74, 6) is 0.488. The van der Waals surface area contributed by atoms with Gasteiger partial charge in [-0.3, -0.25) is 5.43 Å². The average molecular weight is 312 g/mol. The van der Waals surface area contributed by atoms with Gasteiger partial charge in [-0.15, -0.1) is 0 Å². The predicted molar refractivity (Wildman–Crippen MR) is 87.6 cm³/mol. The van der Waals surface area contributed by atoms with Crippen LogP contribution in [0.5, 0.6) is 0 Å². The number of hydrogen-bond donors (Lipinski definition) is 1. The zero-order valence-corrected chi connectivity index (χ0v) is 12.4. The smallest absolute Gasteiger partial charge is 0.179 e. The Bertz CT molecular complexity index is 1050. The van der Waals surface area contributed by atoms with E-state index in [4.69, 9.17) is 0 Å². The number of nitrogens with zero attached hydrogens (tertiary/aromatic N) is 6. The molecule has 0 aliphatic rings. The van der Waals surface area contributed by atoms with Crippen LogP contribution in [-0.4, -0.2) is 24.6 Å². The lowest BCUT2D eigenvalue weighted by Gasteiger charge is -2.09. The van der Waals surface area contributed by atoms with Crippen molar-refractivity contribution in [2.45, 2.75) is 0 Å². The van der Waals surface area contributed by atoms with E-state index < -0.39 is 0 Å². The van der Waals surface area contributed by atoms with Crippen molar-refractivity contribution in [1.82, 2.24) is 24.6 Å². The number of pyridine rings is 1. The standard InChI is InChI=1S/C17H10N7/c18-9-14-16(12-5-2-1-3-6-12)22-15(10-20-14)23-24-11-21-13-7-4-8-19-17(13)24/h2-8,10-11H,(H,22,23). The first-order valence-electron chi connectivity index (χ1n) is 7.14. The second-order valence-corrected chi connectivity index (χ2v) is 4.93. The second-order valence-electron chi connectivity index (χ2n) is 4.93. The lowest BCUT2D eigenvalue weighted by atomic mass is 10.1. The molecule has 0 amide bonds. The number of imidazole rings is 1. The molecule has 1 N–H and O–H groups in total. The third-order valence-electron chi connectivity index (χ3n) is 3.41. The summed E-state index contributed by atoms with van der Waals surface area (Å²) in [4.78, 5) is 17.2. The summed E-state index contributed by atoms with van der Waals surface area (Å²) in [5.41, 5.74) is 6.11. The normalized spacial score (nSPS) is 10.5. The fourth-order valence-corrected chi connectivity index (χ4v) is 2.33. The molecular formula is C17H10N7. The third-order valence-corrected chi connectivity index (χ3v) is 3.41. The van der Waals surface area contributed by atoms with Crippen LogP contribution >= 0.6 is 0 Å². The van der Waals surface area contributed by atoms with Gasteiger partial charge < -0.3 is 0 Å². The van der Waals surface area contributed by atoms with Gasteiger partial charge in [0.1, 0.15) is 23.6 Å². The highest BCUT2D eigenvalue weighted by atomic mass is 15.5. The highest BCUT2D eigenvalue weighted by molar-refractivity contribution is 5.71. The van der Waals surface area contributed by atoms with E-state index >= 15 is 0 Å². The lowest BCUT2D eigenvalue weighted by Crippen LogP contribution is -2.11. The summed E-state index contributed by atoms with van der Waals surface area (Å²) < 4.78 is 1.66. The molecule has 3 heterocycles. The van der Waals surface area contributed by atoms with Gasteiger partial charge in [-0.25, -0.2) is 24.6 Å². The monoisotopic (exact) mass is 312 g/mol. The molecule has 7 nitrogen and oxygen atoms in total. The molecule has 7 heteroatoms. The number of anilines is 1. The van der Waals surface area contributed by atoms with Crippen LogP contribution in [-0.2, 0) is 0 Å². The molecule has 113 valence electrons. The molecule has 4 aromatic rings. The van der Waals surface area contributed by atoms with Gasteiger partial charge in [0.05, 0.1) is 6.20 Å². The Morgan fingerprint density at radius 3 is 2.83 bits per heavy atom. The molecule has 0 atom stereocenters. The number of nitrogens with one attached hydrogen (secondary N) is 1. The molecule has 3 aromatic heterocycles. The van der Waals surface area contributed by atoms with E-state index in [-0.39, 0.29) is 5.69 Å². The van der Waals surface area contributed by atoms with E-state index in [2.05, 4.69) is 37.5 Å². The molecule has 1 aromatic carbocycles. The van der Waals surface area contributed by atoms with E-state index in [9.17, 15) is 5.26 Å². The van der Waals surface area contributed by atoms with E-state index in [0.29, 0.717) is 17.2 Å². The largest absolute Gasteiger partial charge is 0.273 e. The highest BCUT2D eigenvalue weighted by Gasteiger charge is 2.11. The Hall–Kier alpha value is -3.79. The molecule has 0 aliphatic heterocycles. The number of fused-ring (bicyclic) bond motifs is 1. The van der Waals surface area contributed by atoms with Crippen LogP contribution in [0, 0.1) is 17.4 Å². The number of hydrogen-bond acceptors (Lipinski definition) is 6. The van der Waals surface area contributed by atoms with Crippen molar-refractivity contribution in [2.75, 3.05) is 5.43 Å². The van der Waals surface area contributed by atoms with Gasteiger partial charge >= 0.3 is 0 Å². The van der Waals surface area contributed by atoms with Crippen molar-refractivity contribution in [3.63, 3.8) is 0 Å². The first-order chi connectivity index (χ1) is 11.8. The molecule has 1 radical (unpaired) electrons. The van der Waals surface area contributed by atoms with Gasteiger partial charge in [0.2, 0.25) is 0 Å². The summed E-state index contributed by atoms with van der Waals surface area (Å²) in [5, 5.41) is 9.26. The molecule has 4 rings (SSSR count). The average Bonchev–Trinajstić information content (AvgIpc) is 3.05. The van der Waals surface area contributed by atoms with Crippen LogP contribution in [0.3, 0.4) is 0 Å². The van der Waals surface area contributed by atoms with E-state index in [1.54, 1.807) is 29.3 Å². The minimum Gasteiger partial charge on any atom is -0.273 e. The molecule has 0 saturated heterocycles. The molecular weight excluding hydrogens is 302 g/mol. The van der Waals surface area contributed by atoms with Gasteiger partial charge in [-0.2, -0.15) is 5.26 Å². The first kappa shape index (κ1) is 13.8. The quantitative estimate of drug-likeness (QED) is 0.624. The van der Waals surface area contributed by atoms with E-state index in [1.165, 1.54) is 6.20 Å². The fraction of sp³-hybridized carbons (Fsp3) is 0. The van der Waals surface area contributed by atoms with Crippen LogP contribution in [0.15, 0.2) is 55.1 Å². The highest BCUT2D eigenvalue weighted by Crippen LogP contribution is 2.21. The zero-order valence-electron chi connectivity index (χ0n) is 12.4. The van der Waals surface area contributed by atoms with Gasteiger partial charge in [0.25, 0.3) is 0 Å². The number of benzene rings is 1. The molecule has 0 spiro atoms. The maximum Gasteiger partial charge on any atom is 0.179 e. The SMILES string of the molecule is N#Cc1ncc(Nn2cnc3cccnc32)nc1-c1cc[c]cc1. The van der Waals surface area contributed by atoms with Crippen molar-refractivity contribution in [1.29, 1.82) is 5.26 Å². The molecule has 0 fully saturated rings. The van der Waals surface area contributed by atoms with E-state index in [1.807, 2.05) is 24.3 Å². The summed E-state index contributed by atoms with van der Waals surface area (Å²) >= 11 is 0. The first-order valence-corrected chi connectivity index (χ1v) is 7.14. The second kappa shape index (κ2) is 5.78. The Kier molecular flexibility index (Phi) is 3.33. The maximum atomic E-state index is 9.26. The minimum atomic E-state index is 0.264. The van der Waals surface area contributed by atoms with Gasteiger partial charge in [0, 0.05) is 11.8 Å². The summed E-state index contributed by atoms with van der Waals surface area (Å²) in [6.07, 6.45) is 4.82. The van der Waals surface area contributed by atoms with Crippen molar-refractivity contribution in [3.8, 4) is 17.3 Å². The molecule has 0 aliphatic carbocycles. The number of rotatable bonds is 3. The Morgan fingerprint density at radius 1 is 1.12 bits per heavy atom. The van der Waals surface area contributed by atoms with Crippen molar-refractivity contribution in [3.05, 3.63) is 66.9 Å². The number of nitriles is 1. The van der Waals surface area contributed by atoms with E-state index in [0.717, 1.165) is 11.1 Å². The Labute approximate surface area is 137 Å². The van der Waals surface area contributed by atoms with Crippen molar-refractivity contribution >= 4 is 17.0 Å². The molecule has 0 saturated carbocycles. The Morgan fingerprint density at radius 2 is 2.00 bits per heavy atom. The van der Waals surface area contributed by atoms with Crippen LogP contribution < -0.4 is 5.43 Å². The van der Waals surface area contributed by atoms with Gasteiger partial charge in [-0.05, 0) is 18.2 Å². The van der Waals surface area contributed by atoms with Gasteiger partial charge in [0.15, 0.2) is 17.2 Å². The minimum absolute atomic E-state index is 0.264. The third kappa shape index (κ3) is 2.42. The molecule has 0 bridgehead atoms. The zero-order chi connectivity index (χ0) is 16.4. The lowest BCUT2D eigenvalue weighted by molar-refractivity contribution is 0.947. The topological polar surface area (TPSA) is 92.3 Å². The van der Waals surface area contributed by atoms with Crippen molar-refractivity contribution in [2.24, 2.45) is 0 Å². The summed E-state index contributed by atoms with van der Waals surface area (Å²) in [6, 6.07) is 15.9. The summed E-state index contributed by atoms with van der Waals surface area (Å²) in [6.45, 7) is 0. The fourth-order valence-electron chi connectivity index (χ4n) is 2.33. The summed E-state index contributed by atoms with van der Waals surface area (Å²) in [7, 11) is 0. The van der Waals surface area contributed by atoms with Crippen LogP contribution in [0.2, 0.25) is 0 Å². The van der Waals surface area contributed by atoms with Crippen molar-refractivity contribution < 1.29 is 0 Å². The van der Waals surface area contributed by atoms with Crippen LogP contribution in [0.4, 0.5) is 5.82 Å². The maximum absolute atomic E-state index is 9.26.